The van der Waals surface area contributed by atoms with E-state index in [1.54, 1.807) is 0 Å². The summed E-state index contributed by atoms with van der Waals surface area (Å²) >= 11 is 0. The van der Waals surface area contributed by atoms with E-state index in [0.29, 0.717) is 0 Å². The molecule has 0 aromatic carbocycles. The first-order valence-corrected chi connectivity index (χ1v) is 6.28. The number of fused-ring (bicyclic) bond motifs is 1. The third kappa shape index (κ3) is 2.39. The van der Waals surface area contributed by atoms with E-state index in [9.17, 15) is 22.4 Å². The number of carboxylic acids is 1. The van der Waals surface area contributed by atoms with E-state index in [-0.39, 0.29) is 11.3 Å². The van der Waals surface area contributed by atoms with E-state index < -0.39 is 40.6 Å². The SMILES string of the molecule is Nc1ncnn2c(-c3cnc(F)c(C(=O)O)c3)cc(C(F)(F)F)c12. The van der Waals surface area contributed by atoms with Crippen molar-refractivity contribution in [2.75, 3.05) is 5.73 Å². The van der Waals surface area contributed by atoms with E-state index in [1.807, 2.05) is 0 Å². The molecule has 11 heteroatoms. The summed E-state index contributed by atoms with van der Waals surface area (Å²) in [5.74, 6) is -3.26. The van der Waals surface area contributed by atoms with Gasteiger partial charge in [0.25, 0.3) is 0 Å². The van der Waals surface area contributed by atoms with Crippen LogP contribution in [-0.4, -0.2) is 30.7 Å². The number of aromatic carboxylic acids is 1. The van der Waals surface area contributed by atoms with Crippen LogP contribution in [0.4, 0.5) is 23.4 Å². The molecule has 0 unspecified atom stereocenters. The highest BCUT2D eigenvalue weighted by atomic mass is 19.4. The third-order valence-electron chi connectivity index (χ3n) is 3.25. The highest BCUT2D eigenvalue weighted by Crippen LogP contribution is 2.38. The van der Waals surface area contributed by atoms with Crippen LogP contribution in [-0.2, 0) is 6.18 Å². The van der Waals surface area contributed by atoms with E-state index >= 15 is 0 Å². The summed E-state index contributed by atoms with van der Waals surface area (Å²) in [6, 6.07) is 1.59. The zero-order chi connectivity index (χ0) is 17.6. The Labute approximate surface area is 130 Å². The van der Waals surface area contributed by atoms with Gasteiger partial charge in [0.15, 0.2) is 5.82 Å². The maximum atomic E-state index is 13.4. The molecular formula is C13H7F4N5O2. The Bertz CT molecular complexity index is 967. The molecule has 0 fully saturated rings. The monoisotopic (exact) mass is 341 g/mol. The predicted octanol–water partition coefficient (Wildman–Crippen LogP) is 2.23. The first-order chi connectivity index (χ1) is 11.2. The van der Waals surface area contributed by atoms with Gasteiger partial charge in [-0.1, -0.05) is 0 Å². The number of hydrogen-bond acceptors (Lipinski definition) is 5. The van der Waals surface area contributed by atoms with Gasteiger partial charge in [0.1, 0.15) is 17.4 Å². The quantitative estimate of drug-likeness (QED) is 0.547. The van der Waals surface area contributed by atoms with Gasteiger partial charge in [-0.2, -0.15) is 22.7 Å². The van der Waals surface area contributed by atoms with Crippen LogP contribution in [0.3, 0.4) is 0 Å². The molecule has 3 aromatic heterocycles. The van der Waals surface area contributed by atoms with Crippen molar-refractivity contribution < 1.29 is 27.5 Å². The average Bonchev–Trinajstić information content (AvgIpc) is 2.88. The molecule has 0 amide bonds. The normalized spacial score (nSPS) is 11.8. The van der Waals surface area contributed by atoms with Gasteiger partial charge in [0, 0.05) is 11.8 Å². The fourth-order valence-electron chi connectivity index (χ4n) is 2.23. The van der Waals surface area contributed by atoms with Crippen LogP contribution >= 0.6 is 0 Å². The van der Waals surface area contributed by atoms with Gasteiger partial charge in [0.2, 0.25) is 5.95 Å². The Morgan fingerprint density at radius 1 is 1.25 bits per heavy atom. The zero-order valence-electron chi connectivity index (χ0n) is 11.5. The molecule has 0 bridgehead atoms. The lowest BCUT2D eigenvalue weighted by atomic mass is 10.1. The predicted molar refractivity (Wildman–Crippen MR) is 72.5 cm³/mol. The van der Waals surface area contributed by atoms with E-state index in [0.717, 1.165) is 29.2 Å². The number of anilines is 1. The first-order valence-electron chi connectivity index (χ1n) is 6.28. The third-order valence-corrected chi connectivity index (χ3v) is 3.25. The topological polar surface area (TPSA) is 106 Å². The highest BCUT2D eigenvalue weighted by molar-refractivity contribution is 5.89. The number of carbonyl (C=O) groups is 1. The van der Waals surface area contributed by atoms with Crippen molar-refractivity contribution in [1.82, 2.24) is 19.6 Å². The fourth-order valence-corrected chi connectivity index (χ4v) is 2.23. The minimum absolute atomic E-state index is 0.0719. The number of nitrogen functional groups attached to an aromatic ring is 1. The summed E-state index contributed by atoms with van der Waals surface area (Å²) in [5.41, 5.74) is 2.92. The molecule has 24 heavy (non-hydrogen) atoms. The standard InChI is InChI=1S/C13H7F4N5O2/c14-10-6(12(23)24)1-5(3-19-10)8-2-7(13(15,16)17)9-11(18)20-4-21-22(8)9/h1-4H,(H,23,24)(H2,18,20,21). The summed E-state index contributed by atoms with van der Waals surface area (Å²) in [6.07, 6.45) is -2.89. The lowest BCUT2D eigenvalue weighted by molar-refractivity contribution is -0.136. The average molecular weight is 341 g/mol. The second kappa shape index (κ2) is 5.15. The molecule has 7 nitrogen and oxygen atoms in total. The van der Waals surface area contributed by atoms with Crippen LogP contribution in [0.5, 0.6) is 0 Å². The molecule has 3 N–H and O–H groups in total. The van der Waals surface area contributed by atoms with Gasteiger partial charge in [-0.05, 0) is 12.1 Å². The number of alkyl halides is 3. The number of nitrogens with two attached hydrogens (primary N) is 1. The lowest BCUT2D eigenvalue weighted by Gasteiger charge is -2.05. The summed E-state index contributed by atoms with van der Waals surface area (Å²) < 4.78 is 53.9. The van der Waals surface area contributed by atoms with E-state index in [1.165, 1.54) is 0 Å². The van der Waals surface area contributed by atoms with Crippen molar-refractivity contribution in [2.45, 2.75) is 6.18 Å². The Balaban J connectivity index is 2.34. The van der Waals surface area contributed by atoms with Crippen molar-refractivity contribution in [2.24, 2.45) is 0 Å². The van der Waals surface area contributed by atoms with Crippen molar-refractivity contribution >= 4 is 17.3 Å². The summed E-state index contributed by atoms with van der Waals surface area (Å²) in [5, 5.41) is 12.6. The molecule has 0 saturated carbocycles. The van der Waals surface area contributed by atoms with Gasteiger partial charge in [0.05, 0.1) is 11.3 Å². The number of halogens is 4. The van der Waals surface area contributed by atoms with E-state index in [4.69, 9.17) is 10.8 Å². The molecule has 3 rings (SSSR count). The Hall–Kier alpha value is -3.24. The largest absolute Gasteiger partial charge is 0.478 e. The molecule has 0 aliphatic rings. The molecule has 0 aliphatic heterocycles. The van der Waals surface area contributed by atoms with Crippen LogP contribution in [0.15, 0.2) is 24.7 Å². The summed E-state index contributed by atoms with van der Waals surface area (Å²) in [4.78, 5) is 17.8. The molecule has 3 heterocycles. The Morgan fingerprint density at radius 3 is 2.58 bits per heavy atom. The van der Waals surface area contributed by atoms with Crippen LogP contribution in [0.1, 0.15) is 15.9 Å². The number of hydrogen-bond donors (Lipinski definition) is 2. The second-order valence-corrected chi connectivity index (χ2v) is 4.71. The van der Waals surface area contributed by atoms with Gasteiger partial charge in [-0.25, -0.2) is 19.3 Å². The van der Waals surface area contributed by atoms with Gasteiger partial charge >= 0.3 is 12.1 Å². The molecular weight excluding hydrogens is 334 g/mol. The van der Waals surface area contributed by atoms with Gasteiger partial charge in [-0.15, -0.1) is 0 Å². The molecule has 0 aliphatic carbocycles. The van der Waals surface area contributed by atoms with Crippen LogP contribution in [0, 0.1) is 5.95 Å². The maximum absolute atomic E-state index is 13.4. The number of carboxylic acid groups (broad SMARTS) is 1. The van der Waals surface area contributed by atoms with Crippen LogP contribution < -0.4 is 5.73 Å². The van der Waals surface area contributed by atoms with Crippen LogP contribution in [0.2, 0.25) is 0 Å². The fraction of sp³-hybridized carbons (Fsp3) is 0.0769. The van der Waals surface area contributed by atoms with Gasteiger partial charge < -0.3 is 10.8 Å². The highest BCUT2D eigenvalue weighted by Gasteiger charge is 2.36. The first kappa shape index (κ1) is 15.6. The van der Waals surface area contributed by atoms with Crippen molar-refractivity contribution in [3.63, 3.8) is 0 Å². The number of rotatable bonds is 2. The molecule has 3 aromatic rings. The minimum atomic E-state index is -4.74. The Kier molecular flexibility index (Phi) is 3.36. The zero-order valence-corrected chi connectivity index (χ0v) is 11.5. The van der Waals surface area contributed by atoms with Crippen molar-refractivity contribution in [3.05, 3.63) is 41.7 Å². The smallest absolute Gasteiger partial charge is 0.418 e. The molecule has 0 atom stereocenters. The minimum Gasteiger partial charge on any atom is -0.478 e. The Morgan fingerprint density at radius 2 is 1.96 bits per heavy atom. The molecule has 0 saturated heterocycles. The van der Waals surface area contributed by atoms with Gasteiger partial charge in [-0.3, -0.25) is 0 Å². The molecule has 0 radical (unpaired) electrons. The number of nitrogens with zero attached hydrogens (tertiary/aromatic N) is 4. The van der Waals surface area contributed by atoms with Crippen molar-refractivity contribution in [1.29, 1.82) is 0 Å². The summed E-state index contributed by atoms with van der Waals surface area (Å²) in [7, 11) is 0. The lowest BCUT2D eigenvalue weighted by Crippen LogP contribution is -2.07. The van der Waals surface area contributed by atoms with Crippen molar-refractivity contribution in [3.8, 4) is 11.3 Å². The second-order valence-electron chi connectivity index (χ2n) is 4.71. The maximum Gasteiger partial charge on any atom is 0.418 e. The van der Waals surface area contributed by atoms with Crippen LogP contribution in [0.25, 0.3) is 16.8 Å². The number of aromatic nitrogens is 4. The number of pyridine rings is 1. The molecule has 0 spiro atoms. The van der Waals surface area contributed by atoms with E-state index in [2.05, 4.69) is 15.1 Å². The summed E-state index contributed by atoms with van der Waals surface area (Å²) in [6.45, 7) is 0. The molecule has 124 valence electrons.